The van der Waals surface area contributed by atoms with Gasteiger partial charge in [0.2, 0.25) is 0 Å². The number of hydrogen-bond acceptors (Lipinski definition) is 5. The zero-order chi connectivity index (χ0) is 19.1. The Kier molecular flexibility index (Phi) is 3.90. The fraction of sp³-hybridized carbons (Fsp3) is 0.950. The Labute approximate surface area is 154 Å². The van der Waals surface area contributed by atoms with E-state index in [0.717, 1.165) is 6.42 Å². The van der Waals surface area contributed by atoms with E-state index in [1.807, 2.05) is 6.92 Å². The van der Waals surface area contributed by atoms with Crippen molar-refractivity contribution in [2.24, 2.45) is 34.0 Å². The van der Waals surface area contributed by atoms with Gasteiger partial charge in [-0.2, -0.15) is 0 Å². The lowest BCUT2D eigenvalue weighted by Crippen LogP contribution is -2.65. The largest absolute Gasteiger partial charge is 0.479 e. The van der Waals surface area contributed by atoms with Gasteiger partial charge in [-0.15, -0.1) is 0 Å². The van der Waals surface area contributed by atoms with Crippen molar-refractivity contribution in [3.8, 4) is 0 Å². The summed E-state index contributed by atoms with van der Waals surface area (Å²) in [4.78, 5) is 11.7. The van der Waals surface area contributed by atoms with Crippen molar-refractivity contribution < 1.29 is 30.3 Å². The predicted molar refractivity (Wildman–Crippen MR) is 93.1 cm³/mol. The molecular weight excluding hydrogens is 336 g/mol. The van der Waals surface area contributed by atoms with Crippen LogP contribution in [0.4, 0.5) is 0 Å². The number of carbonyl (C=O) groups is 1. The van der Waals surface area contributed by atoms with Crippen LogP contribution < -0.4 is 0 Å². The van der Waals surface area contributed by atoms with E-state index in [1.165, 1.54) is 0 Å². The Balaban J connectivity index is 1.79. The van der Waals surface area contributed by atoms with Crippen LogP contribution in [0.5, 0.6) is 0 Å². The highest BCUT2D eigenvalue weighted by molar-refractivity contribution is 5.78. The van der Waals surface area contributed by atoms with Gasteiger partial charge in [-0.05, 0) is 73.5 Å². The molecule has 0 aromatic heterocycles. The summed E-state index contributed by atoms with van der Waals surface area (Å²) in [6.07, 6.45) is 2.74. The molecule has 0 radical (unpaired) electrons. The third kappa shape index (κ3) is 1.94. The molecule has 0 unspecified atom stereocenters. The van der Waals surface area contributed by atoms with E-state index < -0.39 is 29.2 Å². The maximum absolute atomic E-state index is 11.7. The van der Waals surface area contributed by atoms with Crippen molar-refractivity contribution in [1.29, 1.82) is 0 Å². The molecule has 4 fully saturated rings. The van der Waals surface area contributed by atoms with Crippen LogP contribution in [-0.4, -0.2) is 55.9 Å². The van der Waals surface area contributed by atoms with Crippen molar-refractivity contribution in [3.05, 3.63) is 0 Å². The van der Waals surface area contributed by atoms with E-state index in [1.54, 1.807) is 0 Å². The topological polar surface area (TPSA) is 118 Å². The third-order valence-corrected chi connectivity index (χ3v) is 9.54. The number of fused-ring (bicyclic) bond motifs is 2. The fourth-order valence-electron chi connectivity index (χ4n) is 7.87. The summed E-state index contributed by atoms with van der Waals surface area (Å²) in [5, 5.41) is 52.1. The number of carboxylic acid groups (broad SMARTS) is 1. The van der Waals surface area contributed by atoms with Crippen molar-refractivity contribution in [1.82, 2.24) is 0 Å². The second kappa shape index (κ2) is 5.43. The van der Waals surface area contributed by atoms with E-state index in [9.17, 15) is 30.3 Å². The normalized spacial score (nSPS) is 58.8. The Bertz CT molecular complexity index is 623. The monoisotopic (exact) mass is 368 g/mol. The van der Waals surface area contributed by atoms with Gasteiger partial charge in [-0.3, -0.25) is 0 Å². The lowest BCUT2D eigenvalue weighted by atomic mass is 9.38. The van der Waals surface area contributed by atoms with Crippen LogP contribution in [-0.2, 0) is 4.79 Å². The predicted octanol–water partition coefficient (Wildman–Crippen LogP) is 1.15. The first-order valence-corrected chi connectivity index (χ1v) is 9.98. The summed E-state index contributed by atoms with van der Waals surface area (Å²) >= 11 is 0. The van der Waals surface area contributed by atoms with E-state index in [0.29, 0.717) is 32.1 Å². The number of aliphatic hydroxyl groups is 4. The van der Waals surface area contributed by atoms with Gasteiger partial charge in [0.15, 0.2) is 5.60 Å². The Morgan fingerprint density at radius 3 is 2.42 bits per heavy atom. The summed E-state index contributed by atoms with van der Waals surface area (Å²) in [5.41, 5.74) is -2.75. The second-order valence-corrected chi connectivity index (χ2v) is 10.1. The summed E-state index contributed by atoms with van der Waals surface area (Å²) in [6.45, 7) is 4.03. The number of hydrogen-bond donors (Lipinski definition) is 5. The zero-order valence-electron chi connectivity index (χ0n) is 15.7. The molecule has 1 spiro atoms. The number of aliphatic carboxylic acids is 1. The number of aliphatic hydroxyl groups excluding tert-OH is 3. The van der Waals surface area contributed by atoms with E-state index >= 15 is 0 Å². The zero-order valence-corrected chi connectivity index (χ0v) is 15.7. The lowest BCUT2D eigenvalue weighted by Gasteiger charge is -2.67. The summed E-state index contributed by atoms with van der Waals surface area (Å²) in [7, 11) is 0. The standard InChI is InChI=1S/C20H32O6/c1-17(10-21)14-8-13(22)12-7-11-9-19(12,5-6-20(11,26)16(24)25)18(14,2)4-3-15(17)23/h11-15,21-23,26H,3-10H2,1-2H3,(H,24,25)/t11-,12-,13+,14+,15-,17+,18+,19+,20-/m1/s1. The minimum absolute atomic E-state index is 0.0136. The number of carboxylic acids is 1. The molecule has 0 heterocycles. The van der Waals surface area contributed by atoms with Gasteiger partial charge < -0.3 is 25.5 Å². The van der Waals surface area contributed by atoms with E-state index in [4.69, 9.17) is 0 Å². The highest BCUT2D eigenvalue weighted by atomic mass is 16.4. The average molecular weight is 368 g/mol. The molecule has 2 bridgehead atoms. The van der Waals surface area contributed by atoms with Gasteiger partial charge in [-0.25, -0.2) is 4.79 Å². The molecular formula is C20H32O6. The van der Waals surface area contributed by atoms with Crippen LogP contribution in [0.25, 0.3) is 0 Å². The maximum atomic E-state index is 11.7. The molecule has 4 saturated carbocycles. The van der Waals surface area contributed by atoms with Crippen LogP contribution >= 0.6 is 0 Å². The molecule has 0 amide bonds. The molecule has 0 aromatic carbocycles. The number of rotatable bonds is 2. The SMILES string of the molecule is C[C@@]1(CO)[C@H](O)CC[C@@]2(C)[C@H]1C[C@H](O)[C@H]1C[C@@H]3C[C@@]12CC[C@]3(O)C(=O)O. The molecule has 6 heteroatoms. The van der Waals surface area contributed by atoms with Gasteiger partial charge in [0.1, 0.15) is 0 Å². The van der Waals surface area contributed by atoms with Gasteiger partial charge >= 0.3 is 5.97 Å². The van der Waals surface area contributed by atoms with Crippen molar-refractivity contribution in [2.75, 3.05) is 6.61 Å². The molecule has 4 aliphatic carbocycles. The summed E-state index contributed by atoms with van der Waals surface area (Å²) in [6, 6.07) is 0. The van der Waals surface area contributed by atoms with Crippen LogP contribution in [0.1, 0.15) is 58.8 Å². The second-order valence-electron chi connectivity index (χ2n) is 10.1. The van der Waals surface area contributed by atoms with Gasteiger partial charge in [0, 0.05) is 5.41 Å². The minimum Gasteiger partial charge on any atom is -0.479 e. The quantitative estimate of drug-likeness (QED) is 0.499. The van der Waals surface area contributed by atoms with Gasteiger partial charge in [0.05, 0.1) is 18.8 Å². The van der Waals surface area contributed by atoms with E-state index in [-0.39, 0.29) is 41.6 Å². The Hall–Kier alpha value is -0.690. The molecule has 0 aliphatic heterocycles. The molecule has 5 N–H and O–H groups in total. The van der Waals surface area contributed by atoms with Crippen molar-refractivity contribution >= 4 is 5.97 Å². The molecule has 4 rings (SSSR count). The first kappa shape index (κ1) is 18.7. The van der Waals surface area contributed by atoms with Crippen molar-refractivity contribution in [2.45, 2.75) is 76.6 Å². The highest BCUT2D eigenvalue weighted by Crippen LogP contribution is 2.75. The molecule has 0 saturated heterocycles. The van der Waals surface area contributed by atoms with E-state index in [2.05, 4.69) is 6.92 Å². The van der Waals surface area contributed by atoms with Crippen molar-refractivity contribution in [3.63, 3.8) is 0 Å². The third-order valence-electron chi connectivity index (χ3n) is 9.54. The molecule has 9 atom stereocenters. The Morgan fingerprint density at radius 1 is 1.12 bits per heavy atom. The highest BCUT2D eigenvalue weighted by Gasteiger charge is 2.73. The first-order valence-electron chi connectivity index (χ1n) is 9.98. The summed E-state index contributed by atoms with van der Waals surface area (Å²) < 4.78 is 0. The molecule has 6 nitrogen and oxygen atoms in total. The molecule has 0 aromatic rings. The maximum Gasteiger partial charge on any atom is 0.335 e. The smallest absolute Gasteiger partial charge is 0.335 e. The molecule has 4 aliphatic rings. The van der Waals surface area contributed by atoms with Crippen LogP contribution in [0.3, 0.4) is 0 Å². The minimum atomic E-state index is -1.69. The lowest BCUT2D eigenvalue weighted by molar-refractivity contribution is -0.236. The molecule has 26 heavy (non-hydrogen) atoms. The van der Waals surface area contributed by atoms with Crippen LogP contribution in [0.15, 0.2) is 0 Å². The summed E-state index contributed by atoms with van der Waals surface area (Å²) in [5.74, 6) is -1.52. The fourth-order valence-corrected chi connectivity index (χ4v) is 7.87. The van der Waals surface area contributed by atoms with Gasteiger partial charge in [0.25, 0.3) is 0 Å². The Morgan fingerprint density at radius 2 is 1.81 bits per heavy atom. The van der Waals surface area contributed by atoms with Crippen LogP contribution in [0.2, 0.25) is 0 Å². The van der Waals surface area contributed by atoms with Gasteiger partial charge in [-0.1, -0.05) is 13.8 Å². The van der Waals surface area contributed by atoms with Crippen LogP contribution in [0, 0.1) is 34.0 Å². The average Bonchev–Trinajstić information content (AvgIpc) is 2.96. The molecule has 148 valence electrons. The first-order chi connectivity index (χ1) is 12.0.